The van der Waals surface area contributed by atoms with Crippen molar-refractivity contribution in [3.63, 3.8) is 0 Å². The van der Waals surface area contributed by atoms with Gasteiger partial charge in [-0.1, -0.05) is 12.2 Å². The van der Waals surface area contributed by atoms with Gasteiger partial charge in [-0.15, -0.1) is 0 Å². The number of carbonyl (C=O) groups is 1. The first kappa shape index (κ1) is 12.6. The first-order valence-corrected chi connectivity index (χ1v) is 5.42. The van der Waals surface area contributed by atoms with Crippen molar-refractivity contribution in [3.05, 3.63) is 29.1 Å². The number of nitrogens with two attached hydrogens (primary N) is 1. The van der Waals surface area contributed by atoms with Crippen LogP contribution in [-0.4, -0.2) is 22.4 Å². The van der Waals surface area contributed by atoms with Crippen molar-refractivity contribution >= 4 is 23.1 Å². The van der Waals surface area contributed by atoms with Gasteiger partial charge in [-0.2, -0.15) is 0 Å². The lowest BCUT2D eigenvalue weighted by molar-refractivity contribution is 0.0954. The van der Waals surface area contributed by atoms with E-state index in [2.05, 4.69) is 10.3 Å². The zero-order valence-electron chi connectivity index (χ0n) is 9.41. The summed E-state index contributed by atoms with van der Waals surface area (Å²) in [6.45, 7) is 4.17. The number of thiocarbonyl (C=S) groups is 1. The third-order valence-electron chi connectivity index (χ3n) is 2.13. The summed E-state index contributed by atoms with van der Waals surface area (Å²) in [6, 6.07) is 3.59. The molecule has 0 atom stereocenters. The highest BCUT2D eigenvalue weighted by Crippen LogP contribution is 2.05. The zero-order chi connectivity index (χ0) is 12.1. The number of rotatable bonds is 4. The van der Waals surface area contributed by atoms with Gasteiger partial charge in [0.1, 0.15) is 0 Å². The fourth-order valence-electron chi connectivity index (χ4n) is 1.32. The molecular formula is C11H15N3OS. The second kappa shape index (κ2) is 5.55. The maximum atomic E-state index is 11.7. The molecule has 0 aliphatic carbocycles. The number of nitrogens with zero attached hydrogens (tertiary/aromatic N) is 1. The molecule has 0 aliphatic rings. The molecular weight excluding hydrogens is 222 g/mol. The minimum Gasteiger partial charge on any atom is -0.393 e. The third kappa shape index (κ3) is 3.58. The van der Waals surface area contributed by atoms with E-state index < -0.39 is 0 Å². The molecule has 4 nitrogen and oxygen atoms in total. The Morgan fingerprint density at radius 3 is 2.75 bits per heavy atom. The molecule has 0 radical (unpaired) electrons. The Balaban J connectivity index is 2.63. The number of amides is 1. The summed E-state index contributed by atoms with van der Waals surface area (Å²) >= 11 is 4.72. The lowest BCUT2D eigenvalue weighted by Crippen LogP contribution is -2.28. The Labute approximate surface area is 100 Å². The minimum atomic E-state index is -0.138. The van der Waals surface area contributed by atoms with Crippen molar-refractivity contribution in [1.29, 1.82) is 0 Å². The van der Waals surface area contributed by atoms with Crippen molar-refractivity contribution in [1.82, 2.24) is 10.3 Å². The number of carbonyl (C=O) groups excluding carboxylic acids is 1. The van der Waals surface area contributed by atoms with Gasteiger partial charge in [-0.05, 0) is 26.0 Å². The number of pyridine rings is 1. The topological polar surface area (TPSA) is 68.0 Å². The quantitative estimate of drug-likeness (QED) is 0.770. The SMILES string of the molecule is Cc1ccc(C(=O)NCCC(N)=S)c(C)n1. The van der Waals surface area contributed by atoms with Crippen LogP contribution < -0.4 is 11.1 Å². The molecule has 0 fully saturated rings. The Hall–Kier alpha value is -1.49. The van der Waals surface area contributed by atoms with Crippen LogP contribution in [0.25, 0.3) is 0 Å². The minimum absolute atomic E-state index is 0.138. The van der Waals surface area contributed by atoms with Crippen LogP contribution >= 0.6 is 12.2 Å². The highest BCUT2D eigenvalue weighted by Gasteiger charge is 2.08. The van der Waals surface area contributed by atoms with Gasteiger partial charge in [0.05, 0.1) is 16.2 Å². The summed E-state index contributed by atoms with van der Waals surface area (Å²) < 4.78 is 0. The number of hydrogen-bond acceptors (Lipinski definition) is 3. The van der Waals surface area contributed by atoms with Gasteiger partial charge in [-0.25, -0.2) is 0 Å². The van der Waals surface area contributed by atoms with E-state index in [1.165, 1.54) is 0 Å². The van der Waals surface area contributed by atoms with Crippen LogP contribution in [-0.2, 0) is 0 Å². The molecule has 0 saturated carbocycles. The highest BCUT2D eigenvalue weighted by atomic mass is 32.1. The van der Waals surface area contributed by atoms with Crippen LogP contribution in [0.15, 0.2) is 12.1 Å². The summed E-state index contributed by atoms with van der Waals surface area (Å²) in [5.41, 5.74) is 7.56. The molecule has 0 spiro atoms. The van der Waals surface area contributed by atoms with Gasteiger partial charge >= 0.3 is 0 Å². The van der Waals surface area contributed by atoms with Gasteiger partial charge in [0, 0.05) is 18.7 Å². The smallest absolute Gasteiger partial charge is 0.253 e. The number of aromatic nitrogens is 1. The first-order valence-electron chi connectivity index (χ1n) is 5.01. The number of aryl methyl sites for hydroxylation is 2. The number of nitrogens with one attached hydrogen (secondary N) is 1. The van der Waals surface area contributed by atoms with Gasteiger partial charge in [-0.3, -0.25) is 9.78 Å². The van der Waals surface area contributed by atoms with E-state index in [9.17, 15) is 4.79 Å². The van der Waals surface area contributed by atoms with Crippen molar-refractivity contribution in [2.45, 2.75) is 20.3 Å². The average Bonchev–Trinajstić information content (AvgIpc) is 2.16. The highest BCUT2D eigenvalue weighted by molar-refractivity contribution is 7.80. The lowest BCUT2D eigenvalue weighted by atomic mass is 10.1. The van der Waals surface area contributed by atoms with Gasteiger partial charge in [0.25, 0.3) is 5.91 Å². The molecule has 0 bridgehead atoms. The molecule has 1 aromatic rings. The predicted molar refractivity (Wildman–Crippen MR) is 67.4 cm³/mol. The molecule has 0 unspecified atom stereocenters. The maximum Gasteiger partial charge on any atom is 0.253 e. The van der Waals surface area contributed by atoms with E-state index in [0.29, 0.717) is 23.5 Å². The van der Waals surface area contributed by atoms with Crippen molar-refractivity contribution in [3.8, 4) is 0 Å². The van der Waals surface area contributed by atoms with Crippen LogP contribution in [0.5, 0.6) is 0 Å². The summed E-state index contributed by atoms with van der Waals surface area (Å²) in [4.78, 5) is 16.4. The van der Waals surface area contributed by atoms with E-state index in [0.717, 1.165) is 11.4 Å². The van der Waals surface area contributed by atoms with Crippen LogP contribution in [0, 0.1) is 13.8 Å². The van der Waals surface area contributed by atoms with Gasteiger partial charge in [0.15, 0.2) is 0 Å². The zero-order valence-corrected chi connectivity index (χ0v) is 10.2. The fraction of sp³-hybridized carbons (Fsp3) is 0.364. The Bertz CT molecular complexity index is 418. The van der Waals surface area contributed by atoms with Crippen molar-refractivity contribution in [2.24, 2.45) is 5.73 Å². The molecule has 1 aromatic heterocycles. The van der Waals surface area contributed by atoms with E-state index >= 15 is 0 Å². The van der Waals surface area contributed by atoms with Gasteiger partial charge < -0.3 is 11.1 Å². The van der Waals surface area contributed by atoms with Crippen LogP contribution in [0.4, 0.5) is 0 Å². The summed E-state index contributed by atoms with van der Waals surface area (Å²) in [6.07, 6.45) is 0.513. The lowest BCUT2D eigenvalue weighted by Gasteiger charge is -2.07. The average molecular weight is 237 g/mol. The second-order valence-corrected chi connectivity index (χ2v) is 4.08. The Morgan fingerprint density at radius 2 is 2.19 bits per heavy atom. The Kier molecular flexibility index (Phi) is 4.37. The normalized spacial score (nSPS) is 9.88. The molecule has 5 heteroatoms. The van der Waals surface area contributed by atoms with Crippen molar-refractivity contribution < 1.29 is 4.79 Å². The fourth-order valence-corrected chi connectivity index (χ4v) is 1.42. The molecule has 86 valence electrons. The van der Waals surface area contributed by atoms with E-state index in [1.807, 2.05) is 19.9 Å². The predicted octanol–water partition coefficient (Wildman–Crippen LogP) is 1.10. The standard InChI is InChI=1S/C11H15N3OS/c1-7-3-4-9(8(2)14-7)11(15)13-6-5-10(12)16/h3-4H,5-6H2,1-2H3,(H2,12,16)(H,13,15). The third-order valence-corrected chi connectivity index (χ3v) is 2.33. The summed E-state index contributed by atoms with van der Waals surface area (Å²) in [5.74, 6) is -0.138. The summed E-state index contributed by atoms with van der Waals surface area (Å²) in [5, 5.41) is 2.74. The monoisotopic (exact) mass is 237 g/mol. The van der Waals surface area contributed by atoms with Crippen molar-refractivity contribution in [2.75, 3.05) is 6.54 Å². The molecule has 1 heterocycles. The summed E-state index contributed by atoms with van der Waals surface area (Å²) in [7, 11) is 0. The molecule has 1 amide bonds. The second-order valence-electron chi connectivity index (χ2n) is 3.56. The molecule has 0 saturated heterocycles. The van der Waals surface area contributed by atoms with E-state index in [-0.39, 0.29) is 5.91 Å². The Morgan fingerprint density at radius 1 is 1.50 bits per heavy atom. The molecule has 0 aromatic carbocycles. The molecule has 0 aliphatic heterocycles. The largest absolute Gasteiger partial charge is 0.393 e. The molecule has 16 heavy (non-hydrogen) atoms. The van der Waals surface area contributed by atoms with E-state index in [1.54, 1.807) is 6.07 Å². The van der Waals surface area contributed by atoms with Crippen LogP contribution in [0.3, 0.4) is 0 Å². The molecule has 3 N–H and O–H groups in total. The maximum absolute atomic E-state index is 11.7. The molecule has 1 rings (SSSR count). The van der Waals surface area contributed by atoms with Crippen LogP contribution in [0.2, 0.25) is 0 Å². The van der Waals surface area contributed by atoms with Gasteiger partial charge in [0.2, 0.25) is 0 Å². The number of hydrogen-bond donors (Lipinski definition) is 2. The first-order chi connectivity index (χ1) is 7.50. The van der Waals surface area contributed by atoms with E-state index in [4.69, 9.17) is 18.0 Å². The van der Waals surface area contributed by atoms with Crippen LogP contribution in [0.1, 0.15) is 28.2 Å².